The van der Waals surface area contributed by atoms with Gasteiger partial charge in [-0.2, -0.15) is 0 Å². The van der Waals surface area contributed by atoms with Crippen molar-refractivity contribution >= 4 is 16.9 Å². The molecule has 2 heterocycles. The molecule has 1 aromatic heterocycles. The van der Waals surface area contributed by atoms with Crippen LogP contribution in [0.5, 0.6) is 5.75 Å². The molecule has 0 saturated carbocycles. The van der Waals surface area contributed by atoms with Gasteiger partial charge in [-0.1, -0.05) is 25.1 Å². The number of phenols is 1. The van der Waals surface area contributed by atoms with E-state index in [0.717, 1.165) is 12.0 Å². The van der Waals surface area contributed by atoms with Crippen molar-refractivity contribution in [2.24, 2.45) is 0 Å². The molecule has 120 valence electrons. The normalized spacial score (nSPS) is 16.2. The van der Waals surface area contributed by atoms with Crippen LogP contribution in [-0.4, -0.2) is 11.0 Å². The van der Waals surface area contributed by atoms with Crippen molar-refractivity contribution in [2.75, 3.05) is 0 Å². The van der Waals surface area contributed by atoms with E-state index in [1.54, 1.807) is 18.2 Å². The molecule has 0 spiro atoms. The maximum Gasteiger partial charge on any atom is 0.288 e. The number of hydrogen-bond donors (Lipinski definition) is 2. The fraction of sp³-hybridized carbons (Fsp3) is 0.158. The number of rotatable bonds is 2. The SMILES string of the molecule is CCc1ccc2oc3c(c(=O)c2c1)[C@@H](c1cccc(O)c1)NC3=O. The lowest BCUT2D eigenvalue weighted by Gasteiger charge is -2.11. The maximum atomic E-state index is 13.0. The Labute approximate surface area is 137 Å². The molecule has 3 aromatic rings. The van der Waals surface area contributed by atoms with Gasteiger partial charge in [-0.15, -0.1) is 0 Å². The second kappa shape index (κ2) is 5.23. The number of carbonyl (C=O) groups excluding carboxylic acids is 1. The van der Waals surface area contributed by atoms with Crippen LogP contribution in [0.25, 0.3) is 11.0 Å². The van der Waals surface area contributed by atoms with E-state index in [2.05, 4.69) is 5.32 Å². The maximum absolute atomic E-state index is 13.0. The Bertz CT molecular complexity index is 1040. The molecule has 1 amide bonds. The average molecular weight is 321 g/mol. The van der Waals surface area contributed by atoms with Crippen LogP contribution in [0.1, 0.15) is 40.2 Å². The summed E-state index contributed by atoms with van der Waals surface area (Å²) in [4.78, 5) is 25.2. The summed E-state index contributed by atoms with van der Waals surface area (Å²) in [6, 6.07) is 11.3. The molecule has 0 bridgehead atoms. The Hall–Kier alpha value is -3.08. The largest absolute Gasteiger partial charge is 0.508 e. The lowest BCUT2D eigenvalue weighted by Crippen LogP contribution is -2.21. The van der Waals surface area contributed by atoms with Crippen molar-refractivity contribution in [2.45, 2.75) is 19.4 Å². The highest BCUT2D eigenvalue weighted by molar-refractivity contribution is 5.99. The lowest BCUT2D eigenvalue weighted by atomic mass is 9.98. The molecule has 0 fully saturated rings. The Balaban J connectivity index is 1.99. The first-order valence-corrected chi connectivity index (χ1v) is 7.78. The molecule has 4 rings (SSSR count). The summed E-state index contributed by atoms with van der Waals surface area (Å²) >= 11 is 0. The summed E-state index contributed by atoms with van der Waals surface area (Å²) in [5.74, 6) is -0.296. The molecule has 0 unspecified atom stereocenters. The summed E-state index contributed by atoms with van der Waals surface area (Å²) in [6.07, 6.45) is 0.805. The van der Waals surface area contributed by atoms with Crippen LogP contribution in [0.4, 0.5) is 0 Å². The molecule has 1 atom stereocenters. The monoisotopic (exact) mass is 321 g/mol. The van der Waals surface area contributed by atoms with Gasteiger partial charge in [-0.25, -0.2) is 0 Å². The molecule has 5 nitrogen and oxygen atoms in total. The third-order valence-corrected chi connectivity index (χ3v) is 4.37. The zero-order valence-corrected chi connectivity index (χ0v) is 13.0. The summed E-state index contributed by atoms with van der Waals surface area (Å²) < 4.78 is 5.70. The minimum atomic E-state index is -0.620. The van der Waals surface area contributed by atoms with Crippen LogP contribution in [-0.2, 0) is 6.42 Å². The van der Waals surface area contributed by atoms with Crippen molar-refractivity contribution in [1.29, 1.82) is 0 Å². The Morgan fingerprint density at radius 2 is 2.00 bits per heavy atom. The van der Waals surface area contributed by atoms with Crippen molar-refractivity contribution in [1.82, 2.24) is 5.32 Å². The first-order valence-electron chi connectivity index (χ1n) is 7.78. The van der Waals surface area contributed by atoms with Crippen LogP contribution in [0.15, 0.2) is 51.7 Å². The van der Waals surface area contributed by atoms with Gasteiger partial charge in [0.1, 0.15) is 11.3 Å². The van der Waals surface area contributed by atoms with Crippen molar-refractivity contribution in [3.8, 4) is 5.75 Å². The van der Waals surface area contributed by atoms with E-state index in [-0.39, 0.29) is 16.9 Å². The number of amides is 1. The Morgan fingerprint density at radius 3 is 2.75 bits per heavy atom. The lowest BCUT2D eigenvalue weighted by molar-refractivity contribution is 0.0938. The van der Waals surface area contributed by atoms with E-state index < -0.39 is 11.9 Å². The molecular formula is C19H15NO4. The van der Waals surface area contributed by atoms with Crippen molar-refractivity contribution in [3.63, 3.8) is 0 Å². The first kappa shape index (κ1) is 14.5. The molecule has 1 aliphatic rings. The molecule has 2 N–H and O–H groups in total. The summed E-state index contributed by atoms with van der Waals surface area (Å²) in [7, 11) is 0. The van der Waals surface area contributed by atoms with Gasteiger partial charge in [-0.3, -0.25) is 9.59 Å². The van der Waals surface area contributed by atoms with Crippen LogP contribution < -0.4 is 10.7 Å². The van der Waals surface area contributed by atoms with Gasteiger partial charge in [0.25, 0.3) is 5.91 Å². The molecule has 0 aliphatic carbocycles. The standard InChI is InChI=1S/C19H15NO4/c1-2-10-6-7-14-13(8-10)17(22)15-16(20-19(23)18(15)24-14)11-4-3-5-12(21)9-11/h3-9,16,21H,2H2,1H3,(H,20,23)/t16-/m1/s1. The quantitative estimate of drug-likeness (QED) is 0.760. The first-order chi connectivity index (χ1) is 11.6. The zero-order valence-electron chi connectivity index (χ0n) is 13.0. The number of phenolic OH excluding ortho intramolecular Hbond substituents is 1. The number of nitrogens with one attached hydrogen (secondary N) is 1. The van der Waals surface area contributed by atoms with Gasteiger partial charge in [0.05, 0.1) is 17.0 Å². The van der Waals surface area contributed by atoms with Gasteiger partial charge in [0.15, 0.2) is 5.43 Å². The van der Waals surface area contributed by atoms with Crippen molar-refractivity contribution < 1.29 is 14.3 Å². The molecule has 5 heteroatoms. The van der Waals surface area contributed by atoms with E-state index in [4.69, 9.17) is 4.42 Å². The average Bonchev–Trinajstić information content (AvgIpc) is 2.92. The predicted octanol–water partition coefficient (Wildman–Crippen LogP) is 2.89. The molecule has 1 aliphatic heterocycles. The highest BCUT2D eigenvalue weighted by atomic mass is 16.3. The van der Waals surface area contributed by atoms with Gasteiger partial charge in [-0.05, 0) is 41.8 Å². The van der Waals surface area contributed by atoms with Crippen molar-refractivity contribution in [3.05, 3.63) is 75.1 Å². The molecule has 2 aromatic carbocycles. The minimum Gasteiger partial charge on any atom is -0.508 e. The number of carbonyl (C=O) groups is 1. The number of benzene rings is 2. The summed E-state index contributed by atoms with van der Waals surface area (Å²) in [5.41, 5.74) is 2.16. The highest BCUT2D eigenvalue weighted by Gasteiger charge is 2.35. The third kappa shape index (κ3) is 2.09. The summed E-state index contributed by atoms with van der Waals surface area (Å²) in [5, 5.41) is 12.9. The molecular weight excluding hydrogens is 306 g/mol. The smallest absolute Gasteiger partial charge is 0.288 e. The van der Waals surface area contributed by atoms with E-state index in [0.29, 0.717) is 22.1 Å². The second-order valence-corrected chi connectivity index (χ2v) is 5.86. The van der Waals surface area contributed by atoms with Gasteiger partial charge in [0.2, 0.25) is 5.76 Å². The fourth-order valence-corrected chi connectivity index (χ4v) is 3.13. The van der Waals surface area contributed by atoms with Crippen LogP contribution >= 0.6 is 0 Å². The third-order valence-electron chi connectivity index (χ3n) is 4.37. The number of hydrogen-bond acceptors (Lipinski definition) is 4. The van der Waals surface area contributed by atoms with Crippen LogP contribution in [0.2, 0.25) is 0 Å². The van der Waals surface area contributed by atoms with E-state index in [1.807, 2.05) is 19.1 Å². The molecule has 24 heavy (non-hydrogen) atoms. The topological polar surface area (TPSA) is 79.5 Å². The van der Waals surface area contributed by atoms with Gasteiger partial charge >= 0.3 is 0 Å². The number of fused-ring (bicyclic) bond motifs is 2. The Kier molecular flexibility index (Phi) is 3.16. The highest BCUT2D eigenvalue weighted by Crippen LogP contribution is 2.32. The van der Waals surface area contributed by atoms with E-state index in [1.165, 1.54) is 12.1 Å². The van der Waals surface area contributed by atoms with Gasteiger partial charge in [0, 0.05) is 0 Å². The minimum absolute atomic E-state index is 0.0464. The van der Waals surface area contributed by atoms with Crippen LogP contribution in [0, 0.1) is 0 Å². The number of aryl methyl sites for hydroxylation is 1. The zero-order chi connectivity index (χ0) is 16.8. The van der Waals surface area contributed by atoms with Gasteiger partial charge < -0.3 is 14.8 Å². The summed E-state index contributed by atoms with van der Waals surface area (Å²) in [6.45, 7) is 2.01. The van der Waals surface area contributed by atoms with E-state index in [9.17, 15) is 14.7 Å². The number of aromatic hydroxyl groups is 1. The van der Waals surface area contributed by atoms with Crippen LogP contribution in [0.3, 0.4) is 0 Å². The van der Waals surface area contributed by atoms with E-state index >= 15 is 0 Å². The second-order valence-electron chi connectivity index (χ2n) is 5.86. The Morgan fingerprint density at radius 1 is 1.17 bits per heavy atom. The molecule has 0 saturated heterocycles. The predicted molar refractivity (Wildman–Crippen MR) is 89.3 cm³/mol. The molecule has 0 radical (unpaired) electrons. The fourth-order valence-electron chi connectivity index (χ4n) is 3.13.